The zero-order valence-electron chi connectivity index (χ0n) is 15.7. The predicted octanol–water partition coefficient (Wildman–Crippen LogP) is 4.15. The van der Waals surface area contributed by atoms with Gasteiger partial charge in [0.1, 0.15) is 5.70 Å². The van der Waals surface area contributed by atoms with Gasteiger partial charge in [-0.05, 0) is 37.0 Å². The van der Waals surface area contributed by atoms with Crippen molar-refractivity contribution in [3.05, 3.63) is 70.9 Å². The maximum absolute atomic E-state index is 13.0. The molecule has 4 heteroatoms. The van der Waals surface area contributed by atoms with Gasteiger partial charge < -0.3 is 5.32 Å². The number of hydrogen-bond acceptors (Lipinski definition) is 3. The Hall–Kier alpha value is -2.88. The van der Waals surface area contributed by atoms with Crippen LogP contribution in [-0.2, 0) is 9.59 Å². The molecule has 3 rings (SSSR count). The highest BCUT2D eigenvalue weighted by Gasteiger charge is 2.39. The summed E-state index contributed by atoms with van der Waals surface area (Å²) < 4.78 is 0. The molecule has 0 aliphatic carbocycles. The van der Waals surface area contributed by atoms with Crippen LogP contribution < -0.4 is 5.32 Å². The normalized spacial score (nSPS) is 14.6. The van der Waals surface area contributed by atoms with Gasteiger partial charge in [0.25, 0.3) is 11.8 Å². The van der Waals surface area contributed by atoms with Crippen LogP contribution in [0.2, 0.25) is 0 Å². The average molecular weight is 348 g/mol. The van der Waals surface area contributed by atoms with Gasteiger partial charge in [0.2, 0.25) is 0 Å². The lowest BCUT2D eigenvalue weighted by molar-refractivity contribution is -0.137. The first kappa shape index (κ1) is 17.9. The van der Waals surface area contributed by atoms with E-state index in [1.54, 1.807) is 0 Å². The summed E-state index contributed by atoms with van der Waals surface area (Å²) in [4.78, 5) is 27.3. The molecule has 1 aliphatic heterocycles. The van der Waals surface area contributed by atoms with Crippen molar-refractivity contribution in [1.29, 1.82) is 0 Å². The molecular weight excluding hydrogens is 324 g/mol. The first-order chi connectivity index (χ1) is 12.4. The summed E-state index contributed by atoms with van der Waals surface area (Å²) in [5, 5.41) is 3.24. The number of nitrogens with zero attached hydrogens (tertiary/aromatic N) is 1. The number of nitrogens with one attached hydrogen (secondary N) is 1. The van der Waals surface area contributed by atoms with Crippen molar-refractivity contribution in [2.24, 2.45) is 5.92 Å². The van der Waals surface area contributed by atoms with Crippen molar-refractivity contribution in [2.75, 3.05) is 11.9 Å². The van der Waals surface area contributed by atoms with Crippen LogP contribution in [0.1, 0.15) is 30.5 Å². The fraction of sp³-hybridized carbons (Fsp3) is 0.273. The van der Waals surface area contributed by atoms with Crippen LogP contribution in [0, 0.1) is 19.8 Å². The molecule has 2 amide bonds. The number of aryl methyl sites for hydroxylation is 2. The summed E-state index contributed by atoms with van der Waals surface area (Å²) in [7, 11) is 0. The smallest absolute Gasteiger partial charge is 0.278 e. The van der Waals surface area contributed by atoms with E-state index < -0.39 is 0 Å². The monoisotopic (exact) mass is 348 g/mol. The Morgan fingerprint density at radius 2 is 1.65 bits per heavy atom. The molecule has 0 bridgehead atoms. The molecule has 2 aromatic rings. The van der Waals surface area contributed by atoms with Gasteiger partial charge in [-0.2, -0.15) is 0 Å². The minimum Gasteiger partial charge on any atom is -0.350 e. The Morgan fingerprint density at radius 3 is 2.27 bits per heavy atom. The number of carbonyl (C=O) groups excluding carboxylic acids is 2. The van der Waals surface area contributed by atoms with Crippen LogP contribution in [0.4, 0.5) is 5.69 Å². The zero-order valence-corrected chi connectivity index (χ0v) is 15.7. The third kappa shape index (κ3) is 3.40. The molecule has 4 nitrogen and oxygen atoms in total. The number of hydrogen-bond donors (Lipinski definition) is 1. The zero-order chi connectivity index (χ0) is 18.8. The summed E-state index contributed by atoms with van der Waals surface area (Å²) in [5.41, 5.74) is 4.58. The lowest BCUT2D eigenvalue weighted by atomic mass is 10.0. The summed E-state index contributed by atoms with van der Waals surface area (Å²) in [5.74, 6) is -0.287. The van der Waals surface area contributed by atoms with Crippen LogP contribution in [-0.4, -0.2) is 23.3 Å². The Bertz CT molecular complexity index is 882. The highest BCUT2D eigenvalue weighted by molar-refractivity contribution is 6.36. The van der Waals surface area contributed by atoms with Gasteiger partial charge in [0.15, 0.2) is 0 Å². The van der Waals surface area contributed by atoms with Crippen LogP contribution in [0.25, 0.3) is 5.57 Å². The van der Waals surface area contributed by atoms with Crippen molar-refractivity contribution < 1.29 is 9.59 Å². The van der Waals surface area contributed by atoms with E-state index in [1.807, 2.05) is 70.2 Å². The topological polar surface area (TPSA) is 49.4 Å². The first-order valence-corrected chi connectivity index (χ1v) is 8.88. The number of anilines is 1. The van der Waals surface area contributed by atoms with Gasteiger partial charge in [-0.15, -0.1) is 0 Å². The molecule has 0 unspecified atom stereocenters. The van der Waals surface area contributed by atoms with E-state index in [-0.39, 0.29) is 17.7 Å². The average Bonchev–Trinajstić information content (AvgIpc) is 2.82. The predicted molar refractivity (Wildman–Crippen MR) is 104 cm³/mol. The number of benzene rings is 2. The van der Waals surface area contributed by atoms with E-state index in [1.165, 1.54) is 4.90 Å². The molecule has 1 N–H and O–H groups in total. The summed E-state index contributed by atoms with van der Waals surface area (Å²) in [6.07, 6.45) is 0. The van der Waals surface area contributed by atoms with Crippen LogP contribution in [0.3, 0.4) is 0 Å². The molecule has 26 heavy (non-hydrogen) atoms. The third-order valence-electron chi connectivity index (χ3n) is 4.42. The second kappa shape index (κ2) is 7.16. The molecule has 0 atom stereocenters. The van der Waals surface area contributed by atoms with E-state index in [4.69, 9.17) is 0 Å². The second-order valence-electron chi connectivity index (χ2n) is 7.17. The maximum atomic E-state index is 13.0. The van der Waals surface area contributed by atoms with Gasteiger partial charge >= 0.3 is 0 Å². The fourth-order valence-corrected chi connectivity index (χ4v) is 3.18. The minimum atomic E-state index is -0.262. The molecule has 0 fully saturated rings. The van der Waals surface area contributed by atoms with Gasteiger partial charge in [-0.3, -0.25) is 14.5 Å². The van der Waals surface area contributed by atoms with Crippen molar-refractivity contribution in [1.82, 2.24) is 4.90 Å². The first-order valence-electron chi connectivity index (χ1n) is 8.88. The Balaban J connectivity index is 2.07. The lowest BCUT2D eigenvalue weighted by Gasteiger charge is -2.17. The summed E-state index contributed by atoms with van der Waals surface area (Å²) in [6.45, 7) is 8.42. The summed E-state index contributed by atoms with van der Waals surface area (Å²) >= 11 is 0. The molecule has 0 radical (unpaired) electrons. The van der Waals surface area contributed by atoms with E-state index >= 15 is 0 Å². The van der Waals surface area contributed by atoms with E-state index in [0.29, 0.717) is 17.8 Å². The Kier molecular flexibility index (Phi) is 4.94. The summed E-state index contributed by atoms with van der Waals surface area (Å²) in [6, 6.07) is 15.4. The molecule has 1 heterocycles. The number of rotatable bonds is 5. The molecule has 0 spiro atoms. The maximum Gasteiger partial charge on any atom is 0.278 e. The number of amides is 2. The van der Waals surface area contributed by atoms with Crippen molar-refractivity contribution in [2.45, 2.75) is 27.7 Å². The SMILES string of the molecule is Cc1ccc(NC2=C(c3ccccc3)C(=O)N(CC(C)C)C2=O)c(C)c1. The third-order valence-corrected chi connectivity index (χ3v) is 4.42. The molecule has 0 aromatic heterocycles. The van der Waals surface area contributed by atoms with E-state index in [0.717, 1.165) is 22.4 Å². The Labute approximate surface area is 154 Å². The van der Waals surface area contributed by atoms with Crippen LogP contribution >= 0.6 is 0 Å². The number of imide groups is 1. The molecule has 0 saturated carbocycles. The molecule has 2 aromatic carbocycles. The molecule has 134 valence electrons. The standard InChI is InChI=1S/C22H24N2O2/c1-14(2)13-24-21(25)19(17-8-6-5-7-9-17)20(22(24)26)23-18-11-10-15(3)12-16(18)4/h5-12,14,23H,13H2,1-4H3. The highest BCUT2D eigenvalue weighted by atomic mass is 16.2. The van der Waals surface area contributed by atoms with E-state index in [2.05, 4.69) is 11.4 Å². The van der Waals surface area contributed by atoms with Gasteiger partial charge in [0, 0.05) is 12.2 Å². The van der Waals surface area contributed by atoms with Crippen molar-refractivity contribution >= 4 is 23.1 Å². The largest absolute Gasteiger partial charge is 0.350 e. The number of carbonyl (C=O) groups is 2. The second-order valence-corrected chi connectivity index (χ2v) is 7.17. The molecule has 1 aliphatic rings. The minimum absolute atomic E-state index is 0.209. The molecular formula is C22H24N2O2. The quantitative estimate of drug-likeness (QED) is 0.826. The molecule has 0 saturated heterocycles. The van der Waals surface area contributed by atoms with Crippen LogP contribution in [0.15, 0.2) is 54.2 Å². The fourth-order valence-electron chi connectivity index (χ4n) is 3.18. The van der Waals surface area contributed by atoms with Gasteiger partial charge in [-0.25, -0.2) is 0 Å². The Morgan fingerprint density at radius 1 is 0.962 bits per heavy atom. The van der Waals surface area contributed by atoms with Crippen LogP contribution in [0.5, 0.6) is 0 Å². The lowest BCUT2D eigenvalue weighted by Crippen LogP contribution is -2.35. The van der Waals surface area contributed by atoms with Gasteiger partial charge in [0.05, 0.1) is 5.57 Å². The highest BCUT2D eigenvalue weighted by Crippen LogP contribution is 2.31. The van der Waals surface area contributed by atoms with E-state index in [9.17, 15) is 9.59 Å². The van der Waals surface area contributed by atoms with Gasteiger partial charge in [-0.1, -0.05) is 61.9 Å². The van der Waals surface area contributed by atoms with Crippen molar-refractivity contribution in [3.8, 4) is 0 Å². The van der Waals surface area contributed by atoms with Crippen molar-refractivity contribution in [3.63, 3.8) is 0 Å².